The predicted molar refractivity (Wildman–Crippen MR) is 132 cm³/mol. The number of hydrogen-bond donors (Lipinski definition) is 2. The summed E-state index contributed by atoms with van der Waals surface area (Å²) in [5.41, 5.74) is 5.50. The van der Waals surface area contributed by atoms with Crippen molar-refractivity contribution >= 4 is 11.9 Å². The minimum Gasteiger partial charge on any atom is -0.483 e. The zero-order chi connectivity index (χ0) is 27.8. The van der Waals surface area contributed by atoms with Gasteiger partial charge in [-0.15, -0.1) is 0 Å². The molecule has 1 aliphatic carbocycles. The summed E-state index contributed by atoms with van der Waals surface area (Å²) in [6, 6.07) is 0. The molecule has 1 fully saturated rings. The number of allylic oxidation sites excluding steroid dienone is 2. The van der Waals surface area contributed by atoms with Crippen LogP contribution in [0.1, 0.15) is 46.0 Å². The van der Waals surface area contributed by atoms with E-state index < -0.39 is 32.2 Å². The van der Waals surface area contributed by atoms with Gasteiger partial charge in [0.2, 0.25) is 0 Å². The quantitative estimate of drug-likeness (QED) is 0.105. The van der Waals surface area contributed by atoms with Gasteiger partial charge in [0.15, 0.2) is 6.61 Å². The molecule has 0 aliphatic heterocycles. The zero-order valence-corrected chi connectivity index (χ0v) is 22.2. The van der Waals surface area contributed by atoms with Crippen molar-refractivity contribution in [1.29, 1.82) is 0 Å². The Bertz CT molecular complexity index is 550. The van der Waals surface area contributed by atoms with Crippen LogP contribution in [0, 0.1) is 5.92 Å². The summed E-state index contributed by atoms with van der Waals surface area (Å²) < 4.78 is 87.9. The van der Waals surface area contributed by atoms with Crippen LogP contribution in [0.2, 0.25) is 0 Å². The highest BCUT2D eigenvalue weighted by Crippen LogP contribution is 2.24. The lowest BCUT2D eigenvalue weighted by Gasteiger charge is -2.18. The number of ether oxygens (including phenoxy) is 3. The number of rotatable bonds is 10. The lowest BCUT2D eigenvalue weighted by Crippen LogP contribution is -2.17. The standard InChI is InChI=1S/C12H15F6NO2S.C7H15N.C2H6O.C2H6/c1-3-10(22-19-2)9(21-8-12(16,17)18)5-4-6-20-7-11(13,14)15;8-6-7-4-2-1-3-5-7;1-3-2;1-2/h3-5,19H,1,6-8H2,2H3;7H,1-6,8H2;1-2H3;1-2H3/b5-4-,10-9-;;;. The van der Waals surface area contributed by atoms with Gasteiger partial charge in [-0.3, -0.25) is 4.72 Å². The molecule has 0 spiro atoms. The molecule has 5 nitrogen and oxygen atoms in total. The van der Waals surface area contributed by atoms with Crippen LogP contribution in [-0.2, 0) is 14.2 Å². The van der Waals surface area contributed by atoms with E-state index in [9.17, 15) is 26.3 Å². The van der Waals surface area contributed by atoms with Gasteiger partial charge in [-0.25, -0.2) is 0 Å². The molecule has 1 rings (SSSR count). The first kappa shape index (κ1) is 38.3. The fourth-order valence-electron chi connectivity index (χ4n) is 2.48. The molecule has 0 heterocycles. The van der Waals surface area contributed by atoms with E-state index >= 15 is 0 Å². The molecule has 0 amide bonds. The van der Waals surface area contributed by atoms with Gasteiger partial charge in [-0.1, -0.05) is 51.8 Å². The topological polar surface area (TPSA) is 65.7 Å². The van der Waals surface area contributed by atoms with E-state index in [1.165, 1.54) is 45.2 Å². The van der Waals surface area contributed by atoms with Gasteiger partial charge in [-0.2, -0.15) is 26.3 Å². The number of nitrogens with two attached hydrogens (primary N) is 1. The summed E-state index contributed by atoms with van der Waals surface area (Å²) in [4.78, 5) is 0.249. The number of hydrogen-bond acceptors (Lipinski definition) is 6. The highest BCUT2D eigenvalue weighted by Gasteiger charge is 2.29. The van der Waals surface area contributed by atoms with Gasteiger partial charge in [0, 0.05) is 14.2 Å². The Balaban J connectivity index is -0.000000641. The zero-order valence-electron chi connectivity index (χ0n) is 21.4. The molecular formula is C23H42F6N2O3S. The maximum absolute atomic E-state index is 12.2. The van der Waals surface area contributed by atoms with E-state index in [-0.39, 0.29) is 10.7 Å². The molecule has 35 heavy (non-hydrogen) atoms. The molecule has 12 heteroatoms. The largest absolute Gasteiger partial charge is 0.483 e. The summed E-state index contributed by atoms with van der Waals surface area (Å²) in [6.45, 7) is 4.95. The first-order chi connectivity index (χ1) is 16.4. The Morgan fingerprint density at radius 3 is 1.91 bits per heavy atom. The van der Waals surface area contributed by atoms with Crippen molar-refractivity contribution in [3.8, 4) is 0 Å². The van der Waals surface area contributed by atoms with Crippen LogP contribution in [0.4, 0.5) is 26.3 Å². The molecular weight excluding hydrogens is 498 g/mol. The van der Waals surface area contributed by atoms with Gasteiger partial charge < -0.3 is 19.9 Å². The van der Waals surface area contributed by atoms with Gasteiger partial charge >= 0.3 is 12.4 Å². The summed E-state index contributed by atoms with van der Waals surface area (Å²) in [7, 11) is 4.78. The number of alkyl halides is 6. The van der Waals surface area contributed by atoms with Crippen molar-refractivity contribution in [2.75, 3.05) is 47.6 Å². The molecule has 0 atom stereocenters. The molecule has 0 radical (unpaired) electrons. The van der Waals surface area contributed by atoms with Crippen LogP contribution in [0.25, 0.3) is 0 Å². The SMILES string of the molecule is C=C/C(SNC)=C(\C=C/COCC(F)(F)F)OCC(F)(F)F.CC.COC.NCC1CCCCC1. The van der Waals surface area contributed by atoms with Crippen molar-refractivity contribution < 1.29 is 40.6 Å². The van der Waals surface area contributed by atoms with Crippen LogP contribution in [0.3, 0.4) is 0 Å². The fraction of sp³-hybridized carbons (Fsp3) is 0.739. The molecule has 0 aromatic rings. The third-order valence-electron chi connectivity index (χ3n) is 3.84. The third kappa shape index (κ3) is 28.9. The first-order valence-electron chi connectivity index (χ1n) is 11.2. The van der Waals surface area contributed by atoms with Crippen molar-refractivity contribution in [2.45, 2.75) is 58.3 Å². The number of halogens is 6. The van der Waals surface area contributed by atoms with Crippen LogP contribution in [0.15, 0.2) is 35.5 Å². The molecule has 3 N–H and O–H groups in total. The lowest BCUT2D eigenvalue weighted by molar-refractivity contribution is -0.171. The first-order valence-corrected chi connectivity index (χ1v) is 12.1. The lowest BCUT2D eigenvalue weighted by atomic mass is 9.90. The molecule has 0 aromatic heterocycles. The second-order valence-corrected chi connectivity index (χ2v) is 7.88. The summed E-state index contributed by atoms with van der Waals surface area (Å²) >= 11 is 0.950. The van der Waals surface area contributed by atoms with E-state index in [1.807, 2.05) is 13.8 Å². The van der Waals surface area contributed by atoms with E-state index in [2.05, 4.69) is 25.5 Å². The Hall–Kier alpha value is -1.21. The van der Waals surface area contributed by atoms with Crippen molar-refractivity contribution in [3.05, 3.63) is 35.5 Å². The summed E-state index contributed by atoms with van der Waals surface area (Å²) in [6.07, 6.45) is 1.53. The van der Waals surface area contributed by atoms with Gasteiger partial charge in [0.05, 0.1) is 11.5 Å². The van der Waals surface area contributed by atoms with Crippen LogP contribution in [0.5, 0.6) is 0 Å². The van der Waals surface area contributed by atoms with Crippen molar-refractivity contribution in [1.82, 2.24) is 4.72 Å². The Morgan fingerprint density at radius 1 is 1.03 bits per heavy atom. The normalized spacial score (nSPS) is 15.0. The Morgan fingerprint density at radius 2 is 1.54 bits per heavy atom. The summed E-state index contributed by atoms with van der Waals surface area (Å²) in [5, 5.41) is 0. The fourth-order valence-corrected chi connectivity index (χ4v) is 3.01. The molecule has 1 aliphatic rings. The highest BCUT2D eigenvalue weighted by molar-refractivity contribution is 8.01. The second-order valence-electron chi connectivity index (χ2n) is 6.82. The maximum Gasteiger partial charge on any atom is 0.422 e. The molecule has 0 aromatic carbocycles. The number of nitrogens with one attached hydrogen (secondary N) is 1. The number of methoxy groups -OCH3 is 1. The third-order valence-corrected chi connectivity index (χ3v) is 4.63. The Kier molecular flexibility index (Phi) is 26.8. The van der Waals surface area contributed by atoms with Gasteiger partial charge in [-0.05, 0) is 50.4 Å². The smallest absolute Gasteiger partial charge is 0.422 e. The molecule has 210 valence electrons. The van der Waals surface area contributed by atoms with Crippen molar-refractivity contribution in [2.24, 2.45) is 11.7 Å². The monoisotopic (exact) mass is 540 g/mol. The minimum absolute atomic E-state index is 0.178. The second kappa shape index (κ2) is 24.5. The molecule has 0 saturated heterocycles. The van der Waals surface area contributed by atoms with Gasteiger partial charge in [0.25, 0.3) is 0 Å². The van der Waals surface area contributed by atoms with Crippen LogP contribution < -0.4 is 10.5 Å². The van der Waals surface area contributed by atoms with E-state index in [0.29, 0.717) is 0 Å². The summed E-state index contributed by atoms with van der Waals surface area (Å²) in [5.74, 6) is 0.686. The van der Waals surface area contributed by atoms with Crippen LogP contribution >= 0.6 is 11.9 Å². The van der Waals surface area contributed by atoms with E-state index in [0.717, 1.165) is 36.6 Å². The Labute approximate surface area is 210 Å². The van der Waals surface area contributed by atoms with Crippen molar-refractivity contribution in [3.63, 3.8) is 0 Å². The molecule has 0 bridgehead atoms. The maximum atomic E-state index is 12.2. The molecule has 0 unspecified atom stereocenters. The van der Waals surface area contributed by atoms with Gasteiger partial charge in [0.1, 0.15) is 12.4 Å². The van der Waals surface area contributed by atoms with Crippen LogP contribution in [-0.4, -0.2) is 60.0 Å². The highest BCUT2D eigenvalue weighted by atomic mass is 32.2. The minimum atomic E-state index is -4.54. The molecule has 1 saturated carbocycles. The van der Waals surface area contributed by atoms with E-state index in [1.54, 1.807) is 14.2 Å². The predicted octanol–water partition coefficient (Wildman–Crippen LogP) is 6.78. The van der Waals surface area contributed by atoms with E-state index in [4.69, 9.17) is 5.73 Å². The average Bonchev–Trinajstić information content (AvgIpc) is 2.81. The average molecular weight is 541 g/mol.